The largest absolute Gasteiger partial charge is 0.494 e. The van der Waals surface area contributed by atoms with E-state index in [1.165, 1.54) is 0 Å². The summed E-state index contributed by atoms with van der Waals surface area (Å²) in [6, 6.07) is 14.2. The Hall–Kier alpha value is -2.79. The first-order chi connectivity index (χ1) is 12.0. The zero-order valence-corrected chi connectivity index (χ0v) is 14.6. The first-order valence-corrected chi connectivity index (χ1v) is 8.24. The van der Waals surface area contributed by atoms with E-state index in [4.69, 9.17) is 16.3 Å². The molecule has 0 saturated heterocycles. The lowest BCUT2D eigenvalue weighted by atomic mass is 10.2. The summed E-state index contributed by atoms with van der Waals surface area (Å²) < 4.78 is 5.37. The van der Waals surface area contributed by atoms with Gasteiger partial charge in [-0.25, -0.2) is 4.90 Å². The van der Waals surface area contributed by atoms with Gasteiger partial charge in [0.1, 0.15) is 16.5 Å². The Labute approximate surface area is 150 Å². The van der Waals surface area contributed by atoms with Gasteiger partial charge in [0.2, 0.25) is 0 Å². The zero-order valence-electron chi connectivity index (χ0n) is 13.9. The number of halogens is 1. The van der Waals surface area contributed by atoms with Gasteiger partial charge < -0.3 is 10.1 Å². The molecule has 1 aliphatic rings. The van der Waals surface area contributed by atoms with Crippen LogP contribution in [0.5, 0.6) is 5.75 Å². The fourth-order valence-corrected chi connectivity index (χ4v) is 2.70. The van der Waals surface area contributed by atoms with Crippen LogP contribution in [-0.4, -0.2) is 18.4 Å². The molecule has 0 unspecified atom stereocenters. The normalized spacial score (nSPS) is 14.3. The fourth-order valence-electron chi connectivity index (χ4n) is 2.49. The third kappa shape index (κ3) is 3.37. The fraction of sp³-hybridized carbons (Fsp3) is 0.158. The van der Waals surface area contributed by atoms with Gasteiger partial charge in [0.15, 0.2) is 0 Å². The van der Waals surface area contributed by atoms with Crippen molar-refractivity contribution in [2.75, 3.05) is 16.8 Å². The van der Waals surface area contributed by atoms with Crippen LogP contribution in [0.3, 0.4) is 0 Å². The third-order valence-electron chi connectivity index (χ3n) is 3.75. The summed E-state index contributed by atoms with van der Waals surface area (Å²) in [5, 5.41) is 2.81. The second-order valence-electron chi connectivity index (χ2n) is 5.55. The van der Waals surface area contributed by atoms with E-state index in [0.29, 0.717) is 23.7 Å². The van der Waals surface area contributed by atoms with Crippen molar-refractivity contribution < 1.29 is 14.3 Å². The highest BCUT2D eigenvalue weighted by Gasteiger charge is 2.38. The minimum atomic E-state index is -0.551. The molecule has 2 aromatic rings. The van der Waals surface area contributed by atoms with Gasteiger partial charge in [-0.15, -0.1) is 0 Å². The van der Waals surface area contributed by atoms with Crippen molar-refractivity contribution >= 4 is 34.8 Å². The highest BCUT2D eigenvalue weighted by molar-refractivity contribution is 6.53. The van der Waals surface area contributed by atoms with E-state index in [2.05, 4.69) is 5.32 Å². The van der Waals surface area contributed by atoms with E-state index in [1.54, 1.807) is 24.3 Å². The lowest BCUT2D eigenvalue weighted by Gasteiger charge is -2.15. The average molecular weight is 357 g/mol. The molecule has 0 aromatic heterocycles. The highest BCUT2D eigenvalue weighted by Crippen LogP contribution is 2.31. The minimum Gasteiger partial charge on any atom is -0.494 e. The number of nitrogens with one attached hydrogen (secondary N) is 1. The molecular formula is C19H17ClN2O3. The molecule has 5 nitrogen and oxygen atoms in total. The SMILES string of the molecule is CCOc1ccc(N2C(=O)C(Cl)=C(Nc3ccc(C)cc3)C2=O)cc1. The van der Waals surface area contributed by atoms with Gasteiger partial charge in [-0.2, -0.15) is 0 Å². The number of rotatable bonds is 5. The zero-order chi connectivity index (χ0) is 18.0. The summed E-state index contributed by atoms with van der Waals surface area (Å²) in [6.45, 7) is 4.39. The minimum absolute atomic E-state index is 0.0735. The predicted molar refractivity (Wildman–Crippen MR) is 97.8 cm³/mol. The quantitative estimate of drug-likeness (QED) is 0.827. The number of carbonyl (C=O) groups is 2. The molecule has 1 heterocycles. The molecule has 3 rings (SSSR count). The van der Waals surface area contributed by atoms with E-state index < -0.39 is 11.8 Å². The van der Waals surface area contributed by atoms with E-state index >= 15 is 0 Å². The second-order valence-corrected chi connectivity index (χ2v) is 5.93. The Morgan fingerprint density at radius 1 is 1.00 bits per heavy atom. The number of benzene rings is 2. The summed E-state index contributed by atoms with van der Waals surface area (Å²) >= 11 is 6.11. The van der Waals surface area contributed by atoms with Gasteiger partial charge in [-0.05, 0) is 50.2 Å². The number of hydrogen-bond acceptors (Lipinski definition) is 4. The van der Waals surface area contributed by atoms with Gasteiger partial charge in [-0.1, -0.05) is 29.3 Å². The maximum absolute atomic E-state index is 12.7. The maximum Gasteiger partial charge on any atom is 0.283 e. The molecule has 128 valence electrons. The number of nitrogens with zero attached hydrogens (tertiary/aromatic N) is 1. The van der Waals surface area contributed by atoms with Crippen molar-refractivity contribution in [2.45, 2.75) is 13.8 Å². The van der Waals surface area contributed by atoms with E-state index in [1.807, 2.05) is 38.1 Å². The van der Waals surface area contributed by atoms with Crippen LogP contribution in [0.25, 0.3) is 0 Å². The molecule has 0 radical (unpaired) electrons. The number of carbonyl (C=O) groups excluding carboxylic acids is 2. The molecule has 0 aliphatic carbocycles. The summed E-state index contributed by atoms with van der Waals surface area (Å²) in [5.74, 6) is -0.368. The van der Waals surface area contributed by atoms with Gasteiger partial charge in [0, 0.05) is 5.69 Å². The first kappa shape index (κ1) is 17.0. The van der Waals surface area contributed by atoms with Crippen molar-refractivity contribution in [2.24, 2.45) is 0 Å². The van der Waals surface area contributed by atoms with Crippen LogP contribution in [0.2, 0.25) is 0 Å². The van der Waals surface area contributed by atoms with E-state index in [-0.39, 0.29) is 10.7 Å². The van der Waals surface area contributed by atoms with Crippen molar-refractivity contribution in [3.05, 3.63) is 64.8 Å². The van der Waals surface area contributed by atoms with Crippen molar-refractivity contribution in [1.29, 1.82) is 0 Å². The average Bonchev–Trinajstić information content (AvgIpc) is 2.82. The molecule has 0 atom stereocenters. The number of hydrogen-bond donors (Lipinski definition) is 1. The Morgan fingerprint density at radius 2 is 1.64 bits per heavy atom. The van der Waals surface area contributed by atoms with Gasteiger partial charge in [0.05, 0.1) is 12.3 Å². The number of anilines is 2. The molecule has 1 N–H and O–H groups in total. The number of aryl methyl sites for hydroxylation is 1. The predicted octanol–water partition coefficient (Wildman–Crippen LogP) is 3.83. The Bertz CT molecular complexity index is 842. The van der Waals surface area contributed by atoms with E-state index in [0.717, 1.165) is 10.5 Å². The van der Waals surface area contributed by atoms with Crippen LogP contribution < -0.4 is 15.0 Å². The standard InChI is InChI=1S/C19H17ClN2O3/c1-3-25-15-10-8-14(9-11-15)22-18(23)16(20)17(19(22)24)21-13-6-4-12(2)5-7-13/h4-11,21H,3H2,1-2H3. The monoisotopic (exact) mass is 356 g/mol. The summed E-state index contributed by atoms with van der Waals surface area (Å²) in [5.41, 5.74) is 2.30. The van der Waals surface area contributed by atoms with Crippen LogP contribution in [0.1, 0.15) is 12.5 Å². The molecule has 0 saturated carbocycles. The van der Waals surface area contributed by atoms with Gasteiger partial charge in [0.25, 0.3) is 11.8 Å². The summed E-state index contributed by atoms with van der Waals surface area (Å²) in [4.78, 5) is 26.2. The molecule has 0 fully saturated rings. The third-order valence-corrected chi connectivity index (χ3v) is 4.10. The molecule has 2 amide bonds. The van der Waals surface area contributed by atoms with Crippen LogP contribution in [0.4, 0.5) is 11.4 Å². The Morgan fingerprint density at radius 3 is 2.24 bits per heavy atom. The summed E-state index contributed by atoms with van der Waals surface area (Å²) in [6.07, 6.45) is 0. The van der Waals surface area contributed by atoms with Crippen molar-refractivity contribution in [1.82, 2.24) is 0 Å². The molecular weight excluding hydrogens is 340 g/mol. The lowest BCUT2D eigenvalue weighted by Crippen LogP contribution is -2.32. The topological polar surface area (TPSA) is 58.6 Å². The molecule has 2 aromatic carbocycles. The first-order valence-electron chi connectivity index (χ1n) is 7.86. The van der Waals surface area contributed by atoms with E-state index in [9.17, 15) is 9.59 Å². The maximum atomic E-state index is 12.7. The van der Waals surface area contributed by atoms with Gasteiger partial charge in [-0.3, -0.25) is 9.59 Å². The van der Waals surface area contributed by atoms with Crippen LogP contribution in [-0.2, 0) is 9.59 Å². The van der Waals surface area contributed by atoms with Crippen LogP contribution >= 0.6 is 11.6 Å². The lowest BCUT2D eigenvalue weighted by molar-refractivity contribution is -0.120. The smallest absolute Gasteiger partial charge is 0.283 e. The second kappa shape index (κ2) is 6.99. The Kier molecular flexibility index (Phi) is 4.76. The Balaban J connectivity index is 1.84. The number of amides is 2. The number of imide groups is 1. The molecule has 1 aliphatic heterocycles. The van der Waals surface area contributed by atoms with Crippen molar-refractivity contribution in [3.8, 4) is 5.75 Å². The van der Waals surface area contributed by atoms with Gasteiger partial charge >= 0.3 is 0 Å². The highest BCUT2D eigenvalue weighted by atomic mass is 35.5. The molecule has 0 bridgehead atoms. The molecule has 0 spiro atoms. The van der Waals surface area contributed by atoms with Crippen molar-refractivity contribution in [3.63, 3.8) is 0 Å². The number of ether oxygens (including phenoxy) is 1. The molecule has 25 heavy (non-hydrogen) atoms. The van der Waals surface area contributed by atoms with Crippen LogP contribution in [0.15, 0.2) is 59.3 Å². The summed E-state index contributed by atoms with van der Waals surface area (Å²) in [7, 11) is 0. The molecule has 6 heteroatoms. The van der Waals surface area contributed by atoms with Crippen LogP contribution in [0, 0.1) is 6.92 Å².